The molecule has 0 saturated heterocycles. The lowest BCUT2D eigenvalue weighted by Crippen LogP contribution is -2.46. The molecule has 30 heavy (non-hydrogen) atoms. The van der Waals surface area contributed by atoms with E-state index in [9.17, 15) is 4.79 Å². The van der Waals surface area contributed by atoms with E-state index in [2.05, 4.69) is 34.5 Å². The molecule has 0 bridgehead atoms. The van der Waals surface area contributed by atoms with E-state index >= 15 is 0 Å². The van der Waals surface area contributed by atoms with E-state index in [1.54, 1.807) is 28.0 Å². The van der Waals surface area contributed by atoms with Crippen LogP contribution in [0.3, 0.4) is 0 Å². The quantitative estimate of drug-likeness (QED) is 0.469. The van der Waals surface area contributed by atoms with Crippen LogP contribution >= 0.6 is 23.1 Å². The van der Waals surface area contributed by atoms with Crippen LogP contribution in [0.1, 0.15) is 44.2 Å². The van der Waals surface area contributed by atoms with Crippen LogP contribution in [-0.4, -0.2) is 33.9 Å². The lowest BCUT2D eigenvalue weighted by atomic mass is 9.94. The first-order valence-electron chi connectivity index (χ1n) is 9.93. The summed E-state index contributed by atoms with van der Waals surface area (Å²) in [4.78, 5) is 21.5. The second-order valence-corrected chi connectivity index (χ2v) is 8.89. The van der Waals surface area contributed by atoms with Gasteiger partial charge in [-0.3, -0.25) is 4.90 Å². The number of carbonyl (C=O) groups excluding carboxylic acids is 1. The number of hydrogen-bond acceptors (Lipinski definition) is 6. The van der Waals surface area contributed by atoms with Crippen molar-refractivity contribution in [1.82, 2.24) is 20.4 Å². The summed E-state index contributed by atoms with van der Waals surface area (Å²) >= 11 is 3.25. The second-order valence-electron chi connectivity index (χ2n) is 7.06. The minimum absolute atomic E-state index is 0.0957. The lowest BCUT2D eigenvalue weighted by molar-refractivity contribution is 0.204. The van der Waals surface area contributed by atoms with E-state index in [0.717, 1.165) is 34.6 Å². The van der Waals surface area contributed by atoms with Gasteiger partial charge >= 0.3 is 6.03 Å². The third-order valence-corrected chi connectivity index (χ3v) is 6.79. The van der Waals surface area contributed by atoms with Crippen molar-refractivity contribution in [3.8, 4) is 10.7 Å². The normalized spacial score (nSPS) is 16.8. The van der Waals surface area contributed by atoms with Crippen molar-refractivity contribution in [2.24, 2.45) is 0 Å². The molecule has 2 amide bonds. The van der Waals surface area contributed by atoms with E-state index in [0.29, 0.717) is 18.3 Å². The number of hydrogen-bond donors (Lipinski definition) is 1. The Morgan fingerprint density at radius 3 is 2.73 bits per heavy atom. The van der Waals surface area contributed by atoms with E-state index in [4.69, 9.17) is 4.52 Å². The fourth-order valence-corrected chi connectivity index (χ4v) is 4.59. The SMILES string of the molecule is CCCCN1C(=O)NC(c2ccc(SC)cc2)C(c2nc(-c3cccs3)no2)=C1C. The Hall–Kier alpha value is -2.58. The number of rotatable bonds is 7. The van der Waals surface area contributed by atoms with Gasteiger partial charge in [0.25, 0.3) is 5.89 Å². The molecule has 8 heteroatoms. The smallest absolute Gasteiger partial charge is 0.322 e. The molecule has 1 aromatic carbocycles. The van der Waals surface area contributed by atoms with Gasteiger partial charge in [0.15, 0.2) is 0 Å². The molecule has 0 radical (unpaired) electrons. The summed E-state index contributed by atoms with van der Waals surface area (Å²) in [6, 6.07) is 11.7. The molecule has 3 aromatic rings. The van der Waals surface area contributed by atoms with Gasteiger partial charge in [0.1, 0.15) is 0 Å². The molecule has 1 aliphatic heterocycles. The maximum Gasteiger partial charge on any atom is 0.322 e. The number of benzene rings is 1. The van der Waals surface area contributed by atoms with Gasteiger partial charge in [-0.25, -0.2) is 4.79 Å². The molecule has 3 heterocycles. The maximum atomic E-state index is 12.9. The topological polar surface area (TPSA) is 71.3 Å². The number of allylic oxidation sites excluding steroid dienone is 1. The zero-order valence-corrected chi connectivity index (χ0v) is 18.8. The Labute approximate surface area is 184 Å². The number of unbranched alkanes of at least 4 members (excludes halogenated alkanes) is 1. The van der Waals surface area contributed by atoms with E-state index < -0.39 is 0 Å². The molecule has 156 valence electrons. The molecule has 2 aromatic heterocycles. The van der Waals surface area contributed by atoms with Crippen LogP contribution in [-0.2, 0) is 0 Å². The van der Waals surface area contributed by atoms with Crippen LogP contribution in [0.5, 0.6) is 0 Å². The van der Waals surface area contributed by atoms with Crippen molar-refractivity contribution in [2.75, 3.05) is 12.8 Å². The molecular weight excluding hydrogens is 416 g/mol. The van der Waals surface area contributed by atoms with Gasteiger partial charge in [-0.05, 0) is 48.7 Å². The average Bonchev–Trinajstić information content (AvgIpc) is 3.45. The highest BCUT2D eigenvalue weighted by molar-refractivity contribution is 7.98. The summed E-state index contributed by atoms with van der Waals surface area (Å²) in [5, 5.41) is 9.32. The number of urea groups is 1. The van der Waals surface area contributed by atoms with Crippen LogP contribution in [0.4, 0.5) is 4.79 Å². The molecule has 1 atom stereocenters. The van der Waals surface area contributed by atoms with Gasteiger partial charge < -0.3 is 9.84 Å². The van der Waals surface area contributed by atoms with Crippen molar-refractivity contribution in [3.63, 3.8) is 0 Å². The monoisotopic (exact) mass is 440 g/mol. The molecule has 1 N–H and O–H groups in total. The Morgan fingerprint density at radius 2 is 2.07 bits per heavy atom. The van der Waals surface area contributed by atoms with Crippen molar-refractivity contribution in [1.29, 1.82) is 0 Å². The van der Waals surface area contributed by atoms with Crippen LogP contribution in [0, 0.1) is 0 Å². The third kappa shape index (κ3) is 4.02. The summed E-state index contributed by atoms with van der Waals surface area (Å²) in [6.45, 7) is 4.73. The van der Waals surface area contributed by atoms with Crippen molar-refractivity contribution >= 4 is 34.7 Å². The Morgan fingerprint density at radius 1 is 1.27 bits per heavy atom. The van der Waals surface area contributed by atoms with E-state index in [1.165, 1.54) is 4.90 Å². The van der Waals surface area contributed by atoms with E-state index in [-0.39, 0.29) is 12.1 Å². The predicted octanol–water partition coefficient (Wildman–Crippen LogP) is 5.82. The van der Waals surface area contributed by atoms with E-state index in [1.807, 2.05) is 42.8 Å². The van der Waals surface area contributed by atoms with Gasteiger partial charge in [-0.1, -0.05) is 36.7 Å². The number of nitrogens with zero attached hydrogens (tertiary/aromatic N) is 3. The molecule has 0 saturated carbocycles. The summed E-state index contributed by atoms with van der Waals surface area (Å²) in [7, 11) is 0. The van der Waals surface area contributed by atoms with Crippen LogP contribution in [0.25, 0.3) is 16.3 Å². The zero-order valence-electron chi connectivity index (χ0n) is 17.2. The standard InChI is InChI=1S/C22H24N4O2S2/c1-4-5-12-26-14(2)18(21-24-20(25-28-21)17-7-6-13-30-17)19(23-22(26)27)15-8-10-16(29-3)11-9-15/h6-11,13,19H,4-5,12H2,1-3H3,(H,23,27). The molecule has 1 aliphatic rings. The molecular formula is C22H24N4O2S2. The maximum absolute atomic E-state index is 12.9. The number of nitrogens with one attached hydrogen (secondary N) is 1. The fourth-order valence-electron chi connectivity index (χ4n) is 3.53. The lowest BCUT2D eigenvalue weighted by Gasteiger charge is -2.35. The summed E-state index contributed by atoms with van der Waals surface area (Å²) in [6.07, 6.45) is 3.98. The van der Waals surface area contributed by atoms with Gasteiger partial charge in [-0.2, -0.15) is 4.98 Å². The van der Waals surface area contributed by atoms with Crippen LogP contribution in [0.2, 0.25) is 0 Å². The highest BCUT2D eigenvalue weighted by atomic mass is 32.2. The van der Waals surface area contributed by atoms with Crippen LogP contribution in [0.15, 0.2) is 56.9 Å². The summed E-state index contributed by atoms with van der Waals surface area (Å²) < 4.78 is 5.69. The highest BCUT2D eigenvalue weighted by Crippen LogP contribution is 2.38. The first kappa shape index (κ1) is 20.7. The summed E-state index contributed by atoms with van der Waals surface area (Å²) in [5.74, 6) is 1.00. The first-order valence-corrected chi connectivity index (χ1v) is 12.0. The Kier molecular flexibility index (Phi) is 6.24. The second kappa shape index (κ2) is 9.06. The van der Waals surface area contributed by atoms with Gasteiger partial charge in [0.2, 0.25) is 5.82 Å². The molecule has 4 rings (SSSR count). The van der Waals surface area contributed by atoms with Gasteiger partial charge in [-0.15, -0.1) is 23.1 Å². The number of amides is 2. The number of aromatic nitrogens is 2. The number of thiophene rings is 1. The predicted molar refractivity (Wildman–Crippen MR) is 121 cm³/mol. The largest absolute Gasteiger partial charge is 0.334 e. The first-order chi connectivity index (χ1) is 14.6. The van der Waals surface area contributed by atoms with Crippen molar-refractivity contribution in [3.05, 3.63) is 58.9 Å². The fraction of sp³-hybridized carbons (Fsp3) is 0.318. The zero-order chi connectivity index (χ0) is 21.1. The molecule has 1 unspecified atom stereocenters. The number of carbonyl (C=O) groups is 1. The Balaban J connectivity index is 1.78. The minimum atomic E-state index is -0.345. The average molecular weight is 441 g/mol. The van der Waals surface area contributed by atoms with Gasteiger partial charge in [0, 0.05) is 17.1 Å². The van der Waals surface area contributed by atoms with Crippen molar-refractivity contribution < 1.29 is 9.32 Å². The summed E-state index contributed by atoms with van der Waals surface area (Å²) in [5.41, 5.74) is 2.69. The highest BCUT2D eigenvalue weighted by Gasteiger charge is 2.35. The molecule has 0 spiro atoms. The number of thioether (sulfide) groups is 1. The third-order valence-electron chi connectivity index (χ3n) is 5.18. The van der Waals surface area contributed by atoms with Crippen LogP contribution < -0.4 is 5.32 Å². The molecule has 0 aliphatic carbocycles. The van der Waals surface area contributed by atoms with Gasteiger partial charge in [0.05, 0.1) is 16.5 Å². The minimum Gasteiger partial charge on any atom is -0.334 e. The molecule has 0 fully saturated rings. The Bertz CT molecular complexity index is 1040. The molecule has 6 nitrogen and oxygen atoms in total. The van der Waals surface area contributed by atoms with Crippen molar-refractivity contribution in [2.45, 2.75) is 37.6 Å².